The Hall–Kier alpha value is -2.60. The van der Waals surface area contributed by atoms with Crippen LogP contribution in [0.15, 0.2) is 24.3 Å². The van der Waals surface area contributed by atoms with Gasteiger partial charge in [0.1, 0.15) is 17.6 Å². The van der Waals surface area contributed by atoms with Gasteiger partial charge in [0.25, 0.3) is 0 Å². The standard InChI is InChI=1S/C22H29NO5/c1-6-27-18-10-16-7-14(2)28-19(16)11-17(18)13-23-12-15-8-20(24-3)22(26-5)21(9-15)25-4/h8-11,14,23H,6-7,12-13H2,1-5H3. The zero-order chi connectivity index (χ0) is 20.1. The summed E-state index contributed by atoms with van der Waals surface area (Å²) in [6.45, 7) is 6.03. The van der Waals surface area contributed by atoms with Crippen LogP contribution in [0.5, 0.6) is 28.7 Å². The van der Waals surface area contributed by atoms with E-state index in [9.17, 15) is 0 Å². The van der Waals surface area contributed by atoms with Crippen LogP contribution < -0.4 is 29.0 Å². The molecule has 1 heterocycles. The van der Waals surface area contributed by atoms with Gasteiger partial charge in [0.15, 0.2) is 11.5 Å². The highest BCUT2D eigenvalue weighted by atomic mass is 16.5. The van der Waals surface area contributed by atoms with Crippen molar-refractivity contribution in [2.75, 3.05) is 27.9 Å². The number of rotatable bonds is 9. The molecule has 0 amide bonds. The average Bonchev–Trinajstić information content (AvgIpc) is 3.06. The van der Waals surface area contributed by atoms with Crippen LogP contribution in [0.3, 0.4) is 0 Å². The minimum Gasteiger partial charge on any atom is -0.494 e. The molecule has 0 bridgehead atoms. The van der Waals surface area contributed by atoms with Crippen molar-refractivity contribution >= 4 is 0 Å². The van der Waals surface area contributed by atoms with E-state index in [4.69, 9.17) is 23.7 Å². The van der Waals surface area contributed by atoms with Gasteiger partial charge < -0.3 is 29.0 Å². The van der Waals surface area contributed by atoms with Gasteiger partial charge >= 0.3 is 0 Å². The van der Waals surface area contributed by atoms with Gasteiger partial charge in [0.2, 0.25) is 5.75 Å². The van der Waals surface area contributed by atoms with Crippen molar-refractivity contribution in [2.24, 2.45) is 0 Å². The lowest BCUT2D eigenvalue weighted by Gasteiger charge is -2.15. The van der Waals surface area contributed by atoms with Crippen molar-refractivity contribution in [3.63, 3.8) is 0 Å². The zero-order valence-electron chi connectivity index (χ0n) is 17.3. The largest absolute Gasteiger partial charge is 0.494 e. The third-order valence-corrected chi connectivity index (χ3v) is 4.75. The Morgan fingerprint density at radius 3 is 2.29 bits per heavy atom. The highest BCUT2D eigenvalue weighted by Crippen LogP contribution is 2.38. The van der Waals surface area contributed by atoms with Crippen LogP contribution >= 0.6 is 0 Å². The quantitative estimate of drug-likeness (QED) is 0.708. The summed E-state index contributed by atoms with van der Waals surface area (Å²) in [6, 6.07) is 8.10. The van der Waals surface area contributed by atoms with Gasteiger partial charge in [-0.25, -0.2) is 0 Å². The Balaban J connectivity index is 1.74. The molecule has 2 aromatic carbocycles. The molecule has 1 aliphatic heterocycles. The number of fused-ring (bicyclic) bond motifs is 1. The third kappa shape index (κ3) is 4.28. The highest BCUT2D eigenvalue weighted by molar-refractivity contribution is 5.54. The topological polar surface area (TPSA) is 58.2 Å². The maximum Gasteiger partial charge on any atom is 0.203 e. The molecule has 1 N–H and O–H groups in total. The summed E-state index contributed by atoms with van der Waals surface area (Å²) in [5.41, 5.74) is 3.34. The van der Waals surface area contributed by atoms with Gasteiger partial charge in [0, 0.05) is 30.6 Å². The Morgan fingerprint density at radius 2 is 1.68 bits per heavy atom. The maximum absolute atomic E-state index is 5.90. The van der Waals surface area contributed by atoms with E-state index in [1.54, 1.807) is 21.3 Å². The summed E-state index contributed by atoms with van der Waals surface area (Å²) in [6.07, 6.45) is 1.14. The van der Waals surface area contributed by atoms with E-state index >= 15 is 0 Å². The second kappa shape index (κ2) is 9.06. The third-order valence-electron chi connectivity index (χ3n) is 4.75. The number of hydrogen-bond donors (Lipinski definition) is 1. The summed E-state index contributed by atoms with van der Waals surface area (Å²) in [5, 5.41) is 3.47. The molecule has 1 aliphatic rings. The molecule has 6 heteroatoms. The van der Waals surface area contributed by atoms with Crippen LogP contribution in [0.1, 0.15) is 30.5 Å². The molecule has 6 nitrogen and oxygen atoms in total. The lowest BCUT2D eigenvalue weighted by molar-refractivity contribution is 0.254. The van der Waals surface area contributed by atoms with Crippen molar-refractivity contribution in [3.8, 4) is 28.7 Å². The van der Waals surface area contributed by atoms with E-state index in [1.165, 1.54) is 5.56 Å². The summed E-state index contributed by atoms with van der Waals surface area (Å²) < 4.78 is 28.0. The molecular weight excluding hydrogens is 358 g/mol. The van der Waals surface area contributed by atoms with E-state index in [2.05, 4.69) is 24.4 Å². The molecule has 0 aromatic heterocycles. The monoisotopic (exact) mass is 387 g/mol. The summed E-state index contributed by atoms with van der Waals surface area (Å²) >= 11 is 0. The highest BCUT2D eigenvalue weighted by Gasteiger charge is 2.22. The minimum atomic E-state index is 0.215. The molecule has 0 saturated carbocycles. The molecule has 0 saturated heterocycles. The molecule has 0 fully saturated rings. The van der Waals surface area contributed by atoms with Crippen molar-refractivity contribution in [2.45, 2.75) is 39.5 Å². The fraction of sp³-hybridized carbons (Fsp3) is 0.455. The van der Waals surface area contributed by atoms with Gasteiger partial charge in [0.05, 0.1) is 27.9 Å². The maximum atomic E-state index is 5.90. The summed E-state index contributed by atoms with van der Waals surface area (Å²) in [7, 11) is 4.84. The molecule has 0 radical (unpaired) electrons. The Bertz CT molecular complexity index is 796. The van der Waals surface area contributed by atoms with Crippen LogP contribution in [0.2, 0.25) is 0 Å². The van der Waals surface area contributed by atoms with E-state index < -0.39 is 0 Å². The van der Waals surface area contributed by atoms with Crippen molar-refractivity contribution in [1.82, 2.24) is 5.32 Å². The van der Waals surface area contributed by atoms with Gasteiger partial charge in [-0.15, -0.1) is 0 Å². The van der Waals surface area contributed by atoms with Gasteiger partial charge in [-0.3, -0.25) is 0 Å². The molecule has 2 aromatic rings. The predicted octanol–water partition coefficient (Wildman–Crippen LogP) is 3.72. The summed E-state index contributed by atoms with van der Waals surface area (Å²) in [5.74, 6) is 3.76. The molecule has 1 unspecified atom stereocenters. The normalized spacial score (nSPS) is 15.0. The first kappa shape index (κ1) is 20.1. The number of methoxy groups -OCH3 is 3. The van der Waals surface area contributed by atoms with Crippen LogP contribution in [0.25, 0.3) is 0 Å². The molecular formula is C22H29NO5. The Labute approximate surface area is 166 Å². The number of hydrogen-bond acceptors (Lipinski definition) is 6. The minimum absolute atomic E-state index is 0.215. The molecule has 0 aliphatic carbocycles. The van der Waals surface area contributed by atoms with Crippen LogP contribution in [-0.4, -0.2) is 34.0 Å². The number of ether oxygens (including phenoxy) is 5. The van der Waals surface area contributed by atoms with E-state index in [0.717, 1.165) is 29.0 Å². The molecule has 28 heavy (non-hydrogen) atoms. The fourth-order valence-corrected chi connectivity index (χ4v) is 3.49. The molecule has 0 spiro atoms. The Morgan fingerprint density at radius 1 is 0.964 bits per heavy atom. The Kier molecular flexibility index (Phi) is 6.52. The second-order valence-electron chi connectivity index (χ2n) is 6.77. The molecule has 1 atom stereocenters. The van der Waals surface area contributed by atoms with Crippen LogP contribution in [0.4, 0.5) is 0 Å². The first-order chi connectivity index (χ1) is 13.6. The number of benzene rings is 2. The molecule has 3 rings (SSSR count). The smallest absolute Gasteiger partial charge is 0.203 e. The lowest BCUT2D eigenvalue weighted by atomic mass is 10.1. The lowest BCUT2D eigenvalue weighted by Crippen LogP contribution is -2.14. The van der Waals surface area contributed by atoms with E-state index in [1.807, 2.05) is 19.1 Å². The second-order valence-corrected chi connectivity index (χ2v) is 6.77. The van der Waals surface area contributed by atoms with E-state index in [0.29, 0.717) is 36.9 Å². The first-order valence-electron chi connectivity index (χ1n) is 9.54. The SMILES string of the molecule is CCOc1cc2c(cc1CNCc1cc(OC)c(OC)c(OC)c1)OC(C)C2. The van der Waals surface area contributed by atoms with Crippen molar-refractivity contribution in [1.29, 1.82) is 0 Å². The molecule has 152 valence electrons. The average molecular weight is 387 g/mol. The van der Waals surface area contributed by atoms with E-state index in [-0.39, 0.29) is 6.10 Å². The van der Waals surface area contributed by atoms with Gasteiger partial charge in [-0.2, -0.15) is 0 Å². The first-order valence-corrected chi connectivity index (χ1v) is 9.54. The summed E-state index contributed by atoms with van der Waals surface area (Å²) in [4.78, 5) is 0. The zero-order valence-corrected chi connectivity index (χ0v) is 17.3. The van der Waals surface area contributed by atoms with Crippen LogP contribution in [0, 0.1) is 0 Å². The fourth-order valence-electron chi connectivity index (χ4n) is 3.49. The van der Waals surface area contributed by atoms with Crippen molar-refractivity contribution in [3.05, 3.63) is 41.0 Å². The number of nitrogens with one attached hydrogen (secondary N) is 1. The van der Waals surface area contributed by atoms with Gasteiger partial charge in [-0.05, 0) is 43.7 Å². The predicted molar refractivity (Wildman–Crippen MR) is 108 cm³/mol. The van der Waals surface area contributed by atoms with Gasteiger partial charge in [-0.1, -0.05) is 0 Å². The van der Waals surface area contributed by atoms with Crippen molar-refractivity contribution < 1.29 is 23.7 Å². The van der Waals surface area contributed by atoms with Crippen LogP contribution in [-0.2, 0) is 19.5 Å².